The number of rotatable bonds is 8. The molecule has 0 fully saturated rings. The van der Waals surface area contributed by atoms with Crippen LogP contribution in [0.25, 0.3) is 0 Å². The Hall–Kier alpha value is -5.46. The van der Waals surface area contributed by atoms with Crippen molar-refractivity contribution < 1.29 is 0 Å². The molecule has 0 N–H and O–H groups in total. The number of hydrogen-bond acceptors (Lipinski definition) is 4. The van der Waals surface area contributed by atoms with E-state index in [2.05, 4.69) is 24.2 Å². The monoisotopic (exact) mass is 492 g/mol. The first-order valence-electron chi connectivity index (χ1n) is 11.5. The number of terminal acetylenes is 4. The minimum atomic E-state index is -3.89. The molecule has 0 aromatic heterocycles. The average molecular weight is 493 g/mol. The summed E-state index contributed by atoms with van der Waals surface area (Å²) in [6.45, 7) is 0. The van der Waals surface area contributed by atoms with Gasteiger partial charge in [0.1, 0.15) is 0 Å². The minimum absolute atomic E-state index is 0.722. The smallest absolute Gasteiger partial charge is 0.273 e. The van der Waals surface area contributed by atoms with E-state index in [1.807, 2.05) is 121 Å². The first kappa shape index (κ1) is 24.7. The Morgan fingerprint density at radius 3 is 0.703 bits per heavy atom. The SMILES string of the molecule is C#CN(c1ccccc1)[Si](N(C#C)c1ccccc1)(N(C#C)c1ccccc1)N(C#C)c1ccccc1. The maximum Gasteiger partial charge on any atom is 0.551 e. The molecule has 4 rings (SSSR count). The van der Waals surface area contributed by atoms with Crippen molar-refractivity contribution in [2.75, 3.05) is 18.3 Å². The van der Waals surface area contributed by atoms with Crippen molar-refractivity contribution in [3.05, 3.63) is 121 Å². The molecule has 0 heterocycles. The van der Waals surface area contributed by atoms with Gasteiger partial charge in [0.25, 0.3) is 0 Å². The Kier molecular flexibility index (Phi) is 7.54. The third-order valence-corrected chi connectivity index (χ3v) is 9.72. The molecule has 5 heteroatoms. The molecule has 0 aliphatic carbocycles. The zero-order chi connectivity index (χ0) is 26.1. The lowest BCUT2D eigenvalue weighted by atomic mass is 10.3. The van der Waals surface area contributed by atoms with Crippen LogP contribution in [-0.4, -0.2) is 8.72 Å². The van der Waals surface area contributed by atoms with Crippen LogP contribution >= 0.6 is 0 Å². The summed E-state index contributed by atoms with van der Waals surface area (Å²) < 4.78 is 7.16. The quantitative estimate of drug-likeness (QED) is 0.175. The molecule has 0 aliphatic rings. The number of benzene rings is 4. The van der Waals surface area contributed by atoms with Gasteiger partial charge in [-0.15, -0.1) is 0 Å². The lowest BCUT2D eigenvalue weighted by molar-refractivity contribution is 1.13. The van der Waals surface area contributed by atoms with Gasteiger partial charge in [0, 0.05) is 46.9 Å². The molecule has 0 bridgehead atoms. The zero-order valence-corrected chi connectivity index (χ0v) is 21.1. The second-order valence-electron chi connectivity index (χ2n) is 7.80. The van der Waals surface area contributed by atoms with Crippen LogP contribution in [0.1, 0.15) is 0 Å². The Morgan fingerprint density at radius 1 is 0.351 bits per heavy atom. The standard InChI is InChI=1S/C32H24N4Si/c1-5-33(29-21-13-9-14-22-29)37(34(6-2)30-23-15-10-16-24-30,35(7-3)31-25-17-11-18-26-31)36(8-4)32-27-19-12-20-28-32/h1-4,9-28H. The maximum atomic E-state index is 6.33. The van der Waals surface area contributed by atoms with Gasteiger partial charge in [-0.05, 0) is 48.5 Å². The van der Waals surface area contributed by atoms with Gasteiger partial charge >= 0.3 is 8.72 Å². The molecular formula is C32H24N4Si. The van der Waals surface area contributed by atoms with Crippen molar-refractivity contribution in [3.63, 3.8) is 0 Å². The highest BCUT2D eigenvalue weighted by Gasteiger charge is 2.61. The van der Waals surface area contributed by atoms with Crippen molar-refractivity contribution in [2.45, 2.75) is 0 Å². The molecule has 0 unspecified atom stereocenters. The summed E-state index contributed by atoms with van der Waals surface area (Å²) in [5.41, 5.74) is 2.89. The fourth-order valence-electron chi connectivity index (χ4n) is 4.25. The molecule has 0 amide bonds. The van der Waals surface area contributed by atoms with E-state index in [-0.39, 0.29) is 0 Å². The van der Waals surface area contributed by atoms with Crippen molar-refractivity contribution in [2.24, 2.45) is 0 Å². The average Bonchev–Trinajstić information content (AvgIpc) is 2.97. The van der Waals surface area contributed by atoms with E-state index < -0.39 is 8.72 Å². The number of hydrogen-bond donors (Lipinski definition) is 0. The molecule has 0 spiro atoms. The lowest BCUT2D eigenvalue weighted by Gasteiger charge is -2.51. The predicted molar refractivity (Wildman–Crippen MR) is 157 cm³/mol. The molecule has 0 saturated carbocycles. The van der Waals surface area contributed by atoms with Crippen molar-refractivity contribution >= 4 is 31.5 Å². The van der Waals surface area contributed by atoms with Crippen molar-refractivity contribution in [1.82, 2.24) is 0 Å². The summed E-state index contributed by atoms with van der Waals surface area (Å²) in [7, 11) is -3.89. The molecule has 0 atom stereocenters. The largest absolute Gasteiger partial charge is 0.551 e. The van der Waals surface area contributed by atoms with Crippen LogP contribution in [0.15, 0.2) is 121 Å². The molecule has 0 radical (unpaired) electrons. The molecule has 37 heavy (non-hydrogen) atoms. The minimum Gasteiger partial charge on any atom is -0.273 e. The van der Waals surface area contributed by atoms with E-state index in [1.165, 1.54) is 0 Å². The van der Waals surface area contributed by atoms with Crippen LogP contribution in [-0.2, 0) is 0 Å². The van der Waals surface area contributed by atoms with Crippen LogP contribution in [0.2, 0.25) is 0 Å². The molecule has 0 aliphatic heterocycles. The Labute approximate surface area is 220 Å². The molecular weight excluding hydrogens is 468 g/mol. The van der Waals surface area contributed by atoms with Crippen LogP contribution in [0.5, 0.6) is 0 Å². The van der Waals surface area contributed by atoms with Crippen LogP contribution < -0.4 is 18.3 Å². The fraction of sp³-hybridized carbons (Fsp3) is 0. The summed E-state index contributed by atoms with van der Waals surface area (Å²) in [6.07, 6.45) is 25.3. The van der Waals surface area contributed by atoms with Crippen molar-refractivity contribution in [3.8, 4) is 49.9 Å². The summed E-state index contributed by atoms with van der Waals surface area (Å²) in [4.78, 5) is 0. The highest BCUT2D eigenvalue weighted by atomic mass is 28.4. The molecule has 4 nitrogen and oxygen atoms in total. The van der Waals surface area contributed by atoms with Gasteiger partial charge in [0.15, 0.2) is 0 Å². The summed E-state index contributed by atoms with van der Waals surface area (Å²) in [5, 5.41) is 0. The van der Waals surface area contributed by atoms with Gasteiger partial charge in [-0.1, -0.05) is 98.5 Å². The van der Waals surface area contributed by atoms with Crippen LogP contribution in [0.3, 0.4) is 0 Å². The lowest BCUT2D eigenvalue weighted by Crippen LogP contribution is -2.82. The number of para-hydroxylation sites is 4. The number of nitrogens with zero attached hydrogens (tertiary/aromatic N) is 4. The van der Waals surface area contributed by atoms with Gasteiger partial charge in [-0.25, -0.2) is 0 Å². The van der Waals surface area contributed by atoms with E-state index in [4.69, 9.17) is 25.7 Å². The summed E-state index contributed by atoms with van der Waals surface area (Å²) >= 11 is 0. The van der Waals surface area contributed by atoms with Gasteiger partial charge in [-0.2, -0.15) is 0 Å². The van der Waals surface area contributed by atoms with Gasteiger partial charge in [0.05, 0.1) is 0 Å². The predicted octanol–water partition coefficient (Wildman–Crippen LogP) is 5.81. The summed E-state index contributed by atoms with van der Waals surface area (Å²) in [5.74, 6) is 0. The third kappa shape index (κ3) is 4.48. The van der Waals surface area contributed by atoms with Gasteiger partial charge in [0.2, 0.25) is 0 Å². The van der Waals surface area contributed by atoms with E-state index in [1.54, 1.807) is 18.3 Å². The molecule has 4 aromatic rings. The van der Waals surface area contributed by atoms with E-state index in [0.717, 1.165) is 22.7 Å². The van der Waals surface area contributed by atoms with Crippen LogP contribution in [0.4, 0.5) is 22.7 Å². The third-order valence-electron chi connectivity index (χ3n) is 5.77. The molecule has 0 saturated heterocycles. The fourth-order valence-corrected chi connectivity index (χ4v) is 8.12. The highest BCUT2D eigenvalue weighted by Crippen LogP contribution is 2.37. The van der Waals surface area contributed by atoms with Crippen LogP contribution in [0, 0.1) is 49.9 Å². The first-order valence-corrected chi connectivity index (χ1v) is 13.3. The Bertz CT molecular complexity index is 1240. The first-order chi connectivity index (χ1) is 18.2. The van der Waals surface area contributed by atoms with Gasteiger partial charge < -0.3 is 0 Å². The Morgan fingerprint density at radius 2 is 0.541 bits per heavy atom. The van der Waals surface area contributed by atoms with E-state index in [9.17, 15) is 0 Å². The maximum absolute atomic E-state index is 6.33. The normalized spacial score (nSPS) is 10.1. The van der Waals surface area contributed by atoms with E-state index >= 15 is 0 Å². The second kappa shape index (κ2) is 11.3. The van der Waals surface area contributed by atoms with E-state index in [0.29, 0.717) is 0 Å². The Balaban J connectivity index is 2.19. The van der Waals surface area contributed by atoms with Gasteiger partial charge in [-0.3, -0.25) is 18.3 Å². The summed E-state index contributed by atoms with van der Waals surface area (Å²) in [6, 6.07) is 49.9. The topological polar surface area (TPSA) is 13.0 Å². The zero-order valence-electron chi connectivity index (χ0n) is 20.1. The molecule has 176 valence electrons. The molecule has 4 aromatic carbocycles. The number of anilines is 4. The second-order valence-corrected chi connectivity index (χ2v) is 10.8. The highest BCUT2D eigenvalue weighted by molar-refractivity contribution is 6.94. The van der Waals surface area contributed by atoms with Crippen molar-refractivity contribution in [1.29, 1.82) is 0 Å².